The van der Waals surface area contributed by atoms with Crippen LogP contribution in [0.15, 0.2) is 18.2 Å². The van der Waals surface area contributed by atoms with Crippen LogP contribution in [0, 0.1) is 5.82 Å². The molecule has 18 heavy (non-hydrogen) atoms. The maximum atomic E-state index is 13.0. The number of hydrogen-bond acceptors (Lipinski definition) is 3. The van der Waals surface area contributed by atoms with E-state index in [1.807, 2.05) is 0 Å². The van der Waals surface area contributed by atoms with Crippen LogP contribution in [0.2, 0.25) is 0 Å². The summed E-state index contributed by atoms with van der Waals surface area (Å²) in [5, 5.41) is 5.92. The fourth-order valence-corrected chi connectivity index (χ4v) is 2.14. The third-order valence-corrected chi connectivity index (χ3v) is 3.02. The van der Waals surface area contributed by atoms with Gasteiger partial charge in [-0.3, -0.25) is 4.79 Å². The van der Waals surface area contributed by atoms with Crippen molar-refractivity contribution in [2.75, 3.05) is 13.1 Å². The zero-order valence-corrected chi connectivity index (χ0v) is 9.66. The molecule has 2 aromatic rings. The molecule has 1 aliphatic heterocycles. The molecule has 1 fully saturated rings. The van der Waals surface area contributed by atoms with Crippen LogP contribution in [-0.4, -0.2) is 35.0 Å². The molecular formula is C12H13FN4O. The van der Waals surface area contributed by atoms with Crippen molar-refractivity contribution in [3.63, 3.8) is 0 Å². The van der Waals surface area contributed by atoms with Crippen molar-refractivity contribution in [2.24, 2.45) is 0 Å². The lowest BCUT2D eigenvalue weighted by Crippen LogP contribution is -2.53. The van der Waals surface area contributed by atoms with Gasteiger partial charge in [0.15, 0.2) is 0 Å². The van der Waals surface area contributed by atoms with Gasteiger partial charge < -0.3 is 15.6 Å². The van der Waals surface area contributed by atoms with Gasteiger partial charge in [-0.05, 0) is 18.2 Å². The standard InChI is InChI=1S/C12H13FN4O/c13-7-1-2-8-9(5-7)17-11(16-8)6-10-12(18)15-4-3-14-10/h1-2,5,10,14H,3-4,6H2,(H,15,18)(H,16,17). The van der Waals surface area contributed by atoms with Crippen molar-refractivity contribution in [1.29, 1.82) is 0 Å². The van der Waals surface area contributed by atoms with E-state index in [1.165, 1.54) is 12.1 Å². The van der Waals surface area contributed by atoms with Gasteiger partial charge in [-0.1, -0.05) is 0 Å². The number of carbonyl (C=O) groups is 1. The molecule has 2 heterocycles. The second-order valence-electron chi connectivity index (χ2n) is 4.35. The number of carbonyl (C=O) groups excluding carboxylic acids is 1. The molecular weight excluding hydrogens is 235 g/mol. The average Bonchev–Trinajstić information content (AvgIpc) is 2.73. The highest BCUT2D eigenvalue weighted by Gasteiger charge is 2.22. The third kappa shape index (κ3) is 2.06. The van der Waals surface area contributed by atoms with Crippen LogP contribution in [0.5, 0.6) is 0 Å². The number of halogens is 1. The summed E-state index contributed by atoms with van der Waals surface area (Å²) in [6.45, 7) is 1.41. The Morgan fingerprint density at radius 3 is 3.11 bits per heavy atom. The van der Waals surface area contributed by atoms with Crippen molar-refractivity contribution in [2.45, 2.75) is 12.5 Å². The number of piperazine rings is 1. The zero-order valence-electron chi connectivity index (χ0n) is 9.66. The number of imidazole rings is 1. The van der Waals surface area contributed by atoms with Gasteiger partial charge in [-0.2, -0.15) is 0 Å². The van der Waals surface area contributed by atoms with E-state index in [0.717, 1.165) is 6.54 Å². The van der Waals surface area contributed by atoms with Crippen LogP contribution in [0.25, 0.3) is 11.0 Å². The smallest absolute Gasteiger partial charge is 0.237 e. The Morgan fingerprint density at radius 1 is 1.39 bits per heavy atom. The molecule has 0 spiro atoms. The lowest BCUT2D eigenvalue weighted by Gasteiger charge is -2.22. The topological polar surface area (TPSA) is 69.8 Å². The number of amides is 1. The van der Waals surface area contributed by atoms with E-state index in [-0.39, 0.29) is 17.8 Å². The second kappa shape index (κ2) is 4.38. The first-order valence-corrected chi connectivity index (χ1v) is 5.87. The molecule has 1 amide bonds. The van der Waals surface area contributed by atoms with Crippen LogP contribution in [-0.2, 0) is 11.2 Å². The molecule has 0 bridgehead atoms. The number of hydrogen-bond donors (Lipinski definition) is 3. The normalized spacial score (nSPS) is 20.1. The first-order chi connectivity index (χ1) is 8.72. The predicted octanol–water partition coefficient (Wildman–Crippen LogP) is 0.332. The van der Waals surface area contributed by atoms with E-state index in [9.17, 15) is 9.18 Å². The Labute approximate surface area is 103 Å². The summed E-state index contributed by atoms with van der Waals surface area (Å²) in [4.78, 5) is 19.0. The van der Waals surface area contributed by atoms with Gasteiger partial charge >= 0.3 is 0 Å². The molecule has 1 saturated heterocycles. The fraction of sp³-hybridized carbons (Fsp3) is 0.333. The lowest BCUT2D eigenvalue weighted by molar-refractivity contribution is -0.124. The van der Waals surface area contributed by atoms with E-state index in [2.05, 4.69) is 20.6 Å². The number of H-pyrrole nitrogens is 1. The molecule has 1 aromatic heterocycles. The SMILES string of the molecule is O=C1NCCNC1Cc1nc2ccc(F)cc2[nH]1. The number of aromatic nitrogens is 2. The summed E-state index contributed by atoms with van der Waals surface area (Å²) in [6.07, 6.45) is 0.474. The van der Waals surface area contributed by atoms with Gasteiger partial charge in [0.1, 0.15) is 11.6 Å². The molecule has 3 N–H and O–H groups in total. The summed E-state index contributed by atoms with van der Waals surface area (Å²) < 4.78 is 13.0. The highest BCUT2D eigenvalue weighted by atomic mass is 19.1. The monoisotopic (exact) mass is 248 g/mol. The van der Waals surface area contributed by atoms with Gasteiger partial charge in [0.25, 0.3) is 0 Å². The van der Waals surface area contributed by atoms with Crippen LogP contribution < -0.4 is 10.6 Å². The Morgan fingerprint density at radius 2 is 2.28 bits per heavy atom. The average molecular weight is 248 g/mol. The summed E-state index contributed by atoms with van der Waals surface area (Å²) in [5.74, 6) is 0.365. The van der Waals surface area contributed by atoms with Crippen LogP contribution in [0.1, 0.15) is 5.82 Å². The van der Waals surface area contributed by atoms with Crippen LogP contribution in [0.4, 0.5) is 4.39 Å². The van der Waals surface area contributed by atoms with Crippen LogP contribution in [0.3, 0.4) is 0 Å². The van der Waals surface area contributed by atoms with Crippen molar-refractivity contribution in [3.05, 3.63) is 29.8 Å². The first kappa shape index (κ1) is 11.2. The maximum absolute atomic E-state index is 13.0. The van der Waals surface area contributed by atoms with E-state index in [1.54, 1.807) is 6.07 Å². The Bertz CT molecular complexity index is 595. The van der Waals surface area contributed by atoms with Crippen molar-refractivity contribution in [1.82, 2.24) is 20.6 Å². The largest absolute Gasteiger partial charge is 0.353 e. The summed E-state index contributed by atoms with van der Waals surface area (Å²) >= 11 is 0. The van der Waals surface area contributed by atoms with Crippen molar-refractivity contribution >= 4 is 16.9 Å². The summed E-state index contributed by atoms with van der Waals surface area (Å²) in [5.41, 5.74) is 1.36. The fourth-order valence-electron chi connectivity index (χ4n) is 2.14. The highest BCUT2D eigenvalue weighted by Crippen LogP contribution is 2.14. The molecule has 1 atom stereocenters. The number of nitrogens with one attached hydrogen (secondary N) is 3. The Hall–Kier alpha value is -1.95. The third-order valence-electron chi connectivity index (χ3n) is 3.02. The van der Waals surface area contributed by atoms with E-state index in [4.69, 9.17) is 0 Å². The van der Waals surface area contributed by atoms with Gasteiger partial charge in [-0.15, -0.1) is 0 Å². The number of nitrogens with zero attached hydrogens (tertiary/aromatic N) is 1. The number of fused-ring (bicyclic) bond motifs is 1. The highest BCUT2D eigenvalue weighted by molar-refractivity contribution is 5.83. The number of benzene rings is 1. The molecule has 0 saturated carbocycles. The molecule has 1 unspecified atom stereocenters. The quantitative estimate of drug-likeness (QED) is 0.717. The van der Waals surface area contributed by atoms with E-state index < -0.39 is 0 Å². The van der Waals surface area contributed by atoms with Gasteiger partial charge in [0, 0.05) is 19.5 Å². The lowest BCUT2D eigenvalue weighted by atomic mass is 10.1. The number of rotatable bonds is 2. The van der Waals surface area contributed by atoms with Gasteiger partial charge in [0.2, 0.25) is 5.91 Å². The second-order valence-corrected chi connectivity index (χ2v) is 4.35. The minimum Gasteiger partial charge on any atom is -0.353 e. The minimum atomic E-state index is -0.300. The summed E-state index contributed by atoms with van der Waals surface area (Å²) in [7, 11) is 0. The number of aromatic amines is 1. The van der Waals surface area contributed by atoms with Gasteiger partial charge in [-0.25, -0.2) is 9.37 Å². The Kier molecular flexibility index (Phi) is 2.71. The van der Waals surface area contributed by atoms with Crippen molar-refractivity contribution in [3.8, 4) is 0 Å². The van der Waals surface area contributed by atoms with E-state index in [0.29, 0.717) is 29.8 Å². The molecule has 3 rings (SSSR count). The minimum absolute atomic E-state index is 0.0205. The molecule has 0 aliphatic carbocycles. The summed E-state index contributed by atoms with van der Waals surface area (Å²) in [6, 6.07) is 4.13. The Balaban J connectivity index is 1.84. The van der Waals surface area contributed by atoms with E-state index >= 15 is 0 Å². The molecule has 94 valence electrons. The molecule has 1 aliphatic rings. The molecule has 1 aromatic carbocycles. The molecule has 0 radical (unpaired) electrons. The zero-order chi connectivity index (χ0) is 12.5. The van der Waals surface area contributed by atoms with Crippen LogP contribution >= 0.6 is 0 Å². The predicted molar refractivity (Wildman–Crippen MR) is 64.6 cm³/mol. The van der Waals surface area contributed by atoms with Gasteiger partial charge in [0.05, 0.1) is 17.1 Å². The maximum Gasteiger partial charge on any atom is 0.237 e. The molecule has 5 nitrogen and oxygen atoms in total. The first-order valence-electron chi connectivity index (χ1n) is 5.87. The van der Waals surface area contributed by atoms with Crippen molar-refractivity contribution < 1.29 is 9.18 Å². The molecule has 6 heteroatoms.